The Bertz CT molecular complexity index is 252. The third kappa shape index (κ3) is 6.11. The molecule has 1 atom stereocenters. The quantitative estimate of drug-likeness (QED) is 0.760. The van der Waals surface area contributed by atoms with E-state index in [0.29, 0.717) is 13.2 Å². The Morgan fingerprint density at radius 2 is 2.05 bits per heavy atom. The summed E-state index contributed by atoms with van der Waals surface area (Å²) >= 11 is 0. The molecule has 0 bridgehead atoms. The van der Waals surface area contributed by atoms with Crippen molar-refractivity contribution in [2.75, 3.05) is 26.2 Å². The van der Waals surface area contributed by atoms with E-state index in [9.17, 15) is 4.79 Å². The Balaban J connectivity index is 0.00000180. The molecule has 2 fully saturated rings. The highest BCUT2D eigenvalue weighted by atomic mass is 35.5. The number of hydrogen-bond acceptors (Lipinski definition) is 3. The summed E-state index contributed by atoms with van der Waals surface area (Å²) in [5.74, 6) is 0.953. The number of carbonyl (C=O) groups is 1. The molecule has 2 aliphatic rings. The molecule has 1 heterocycles. The highest BCUT2D eigenvalue weighted by molar-refractivity contribution is 5.85. The molecular formula is C14H27ClN2O2. The van der Waals surface area contributed by atoms with E-state index in [-0.39, 0.29) is 24.4 Å². The standard InChI is InChI=1S/C14H26N2O2.ClH/c17-14(13-11-15-9-10-18-13)16-8-4-7-12-5-2-1-3-6-12;/h12-13,15H,1-11H2,(H,16,17);1H. The lowest BCUT2D eigenvalue weighted by atomic mass is 9.86. The summed E-state index contributed by atoms with van der Waals surface area (Å²) in [6, 6.07) is 0. The number of ether oxygens (including phenoxy) is 1. The average molecular weight is 291 g/mol. The van der Waals surface area contributed by atoms with Crippen LogP contribution in [-0.4, -0.2) is 38.3 Å². The molecule has 1 aliphatic heterocycles. The molecule has 5 heteroatoms. The minimum absolute atomic E-state index is 0. The smallest absolute Gasteiger partial charge is 0.250 e. The van der Waals surface area contributed by atoms with E-state index in [1.807, 2.05) is 0 Å². The molecule has 2 N–H and O–H groups in total. The number of morpholine rings is 1. The van der Waals surface area contributed by atoms with Crippen molar-refractivity contribution in [2.24, 2.45) is 5.92 Å². The van der Waals surface area contributed by atoms with Crippen molar-refractivity contribution < 1.29 is 9.53 Å². The van der Waals surface area contributed by atoms with Crippen LogP contribution in [0.2, 0.25) is 0 Å². The van der Waals surface area contributed by atoms with Crippen LogP contribution in [0.25, 0.3) is 0 Å². The van der Waals surface area contributed by atoms with Crippen molar-refractivity contribution >= 4 is 18.3 Å². The van der Waals surface area contributed by atoms with Crippen molar-refractivity contribution in [3.05, 3.63) is 0 Å². The molecule has 1 saturated carbocycles. The predicted molar refractivity (Wildman–Crippen MR) is 78.7 cm³/mol. The number of nitrogens with one attached hydrogen (secondary N) is 2. The van der Waals surface area contributed by atoms with Gasteiger partial charge >= 0.3 is 0 Å². The van der Waals surface area contributed by atoms with Gasteiger partial charge in [-0.1, -0.05) is 32.1 Å². The van der Waals surface area contributed by atoms with Crippen molar-refractivity contribution in [2.45, 2.75) is 51.0 Å². The molecule has 0 aromatic carbocycles. The molecule has 1 saturated heterocycles. The van der Waals surface area contributed by atoms with Crippen LogP contribution < -0.4 is 10.6 Å². The van der Waals surface area contributed by atoms with E-state index < -0.39 is 0 Å². The summed E-state index contributed by atoms with van der Waals surface area (Å²) in [7, 11) is 0. The molecule has 0 aromatic rings. The Kier molecular flexibility index (Phi) is 8.42. The van der Waals surface area contributed by atoms with Gasteiger partial charge in [-0.25, -0.2) is 0 Å². The van der Waals surface area contributed by atoms with Gasteiger partial charge in [-0.3, -0.25) is 4.79 Å². The normalized spacial score (nSPS) is 24.5. The third-order valence-corrected chi connectivity index (χ3v) is 4.03. The second kappa shape index (κ2) is 9.56. The van der Waals surface area contributed by atoms with Crippen LogP contribution in [0, 0.1) is 5.92 Å². The molecule has 112 valence electrons. The Hall–Kier alpha value is -0.320. The first-order valence-electron chi connectivity index (χ1n) is 7.46. The van der Waals surface area contributed by atoms with E-state index in [4.69, 9.17) is 4.74 Å². The van der Waals surface area contributed by atoms with Gasteiger partial charge in [0.15, 0.2) is 0 Å². The zero-order valence-electron chi connectivity index (χ0n) is 11.7. The molecule has 0 spiro atoms. The van der Waals surface area contributed by atoms with Crippen LogP contribution in [0.3, 0.4) is 0 Å². The van der Waals surface area contributed by atoms with E-state index >= 15 is 0 Å². The minimum Gasteiger partial charge on any atom is -0.366 e. The zero-order chi connectivity index (χ0) is 12.6. The fourth-order valence-electron chi connectivity index (χ4n) is 2.93. The monoisotopic (exact) mass is 290 g/mol. The maximum atomic E-state index is 11.8. The predicted octanol–water partition coefficient (Wildman–Crippen LogP) is 1.87. The summed E-state index contributed by atoms with van der Waals surface area (Å²) in [5, 5.41) is 6.16. The Labute approximate surface area is 122 Å². The molecule has 1 aliphatic carbocycles. The number of amides is 1. The van der Waals surface area contributed by atoms with Crippen molar-refractivity contribution in [1.29, 1.82) is 0 Å². The van der Waals surface area contributed by atoms with Crippen LogP contribution in [0.4, 0.5) is 0 Å². The summed E-state index contributed by atoms with van der Waals surface area (Å²) in [5.41, 5.74) is 0. The number of carbonyl (C=O) groups excluding carboxylic acids is 1. The van der Waals surface area contributed by atoms with Crippen LogP contribution in [-0.2, 0) is 9.53 Å². The van der Waals surface area contributed by atoms with Gasteiger partial charge in [-0.2, -0.15) is 0 Å². The van der Waals surface area contributed by atoms with Gasteiger partial charge in [0.05, 0.1) is 6.61 Å². The summed E-state index contributed by atoms with van der Waals surface area (Å²) in [4.78, 5) is 11.8. The molecule has 4 nitrogen and oxygen atoms in total. The fourth-order valence-corrected chi connectivity index (χ4v) is 2.93. The molecular weight excluding hydrogens is 264 g/mol. The first kappa shape index (κ1) is 16.7. The van der Waals surface area contributed by atoms with Gasteiger partial charge in [-0.05, 0) is 18.8 Å². The van der Waals surface area contributed by atoms with Crippen molar-refractivity contribution in [1.82, 2.24) is 10.6 Å². The first-order chi connectivity index (χ1) is 8.86. The van der Waals surface area contributed by atoms with Crippen molar-refractivity contribution in [3.63, 3.8) is 0 Å². The summed E-state index contributed by atoms with van der Waals surface area (Å²) < 4.78 is 5.41. The third-order valence-electron chi connectivity index (χ3n) is 4.03. The SMILES string of the molecule is Cl.O=C(NCCCC1CCCCC1)C1CNCCO1. The fraction of sp³-hybridized carbons (Fsp3) is 0.929. The van der Waals surface area contributed by atoms with Crippen LogP contribution >= 0.6 is 12.4 Å². The van der Waals surface area contributed by atoms with Crippen LogP contribution in [0.5, 0.6) is 0 Å². The molecule has 2 rings (SSSR count). The van der Waals surface area contributed by atoms with Crippen LogP contribution in [0.15, 0.2) is 0 Å². The second-order valence-electron chi connectivity index (χ2n) is 5.50. The Morgan fingerprint density at radius 1 is 1.26 bits per heavy atom. The van der Waals surface area contributed by atoms with E-state index in [1.54, 1.807) is 0 Å². The molecule has 1 amide bonds. The highest BCUT2D eigenvalue weighted by Gasteiger charge is 2.21. The topological polar surface area (TPSA) is 50.4 Å². The number of rotatable bonds is 5. The van der Waals surface area contributed by atoms with Gasteiger partial charge in [0.1, 0.15) is 6.10 Å². The average Bonchev–Trinajstić information content (AvgIpc) is 2.45. The van der Waals surface area contributed by atoms with E-state index in [2.05, 4.69) is 10.6 Å². The van der Waals surface area contributed by atoms with Gasteiger partial charge in [0.25, 0.3) is 0 Å². The maximum Gasteiger partial charge on any atom is 0.250 e. The summed E-state index contributed by atoms with van der Waals surface area (Å²) in [6.45, 7) is 2.94. The van der Waals surface area contributed by atoms with E-state index in [0.717, 1.165) is 25.4 Å². The number of halogens is 1. The van der Waals surface area contributed by atoms with Gasteiger partial charge in [0.2, 0.25) is 5.91 Å². The van der Waals surface area contributed by atoms with Crippen LogP contribution in [0.1, 0.15) is 44.9 Å². The largest absolute Gasteiger partial charge is 0.366 e. The van der Waals surface area contributed by atoms with Gasteiger partial charge in [-0.15, -0.1) is 12.4 Å². The lowest BCUT2D eigenvalue weighted by Gasteiger charge is -2.23. The summed E-state index contributed by atoms with van der Waals surface area (Å²) in [6.07, 6.45) is 9.10. The first-order valence-corrected chi connectivity index (χ1v) is 7.46. The minimum atomic E-state index is -0.284. The van der Waals surface area contributed by atoms with Crippen molar-refractivity contribution in [3.8, 4) is 0 Å². The zero-order valence-corrected chi connectivity index (χ0v) is 12.5. The maximum absolute atomic E-state index is 11.8. The van der Waals surface area contributed by atoms with E-state index in [1.165, 1.54) is 38.5 Å². The molecule has 0 radical (unpaired) electrons. The van der Waals surface area contributed by atoms with Gasteiger partial charge in [0, 0.05) is 19.6 Å². The number of hydrogen-bond donors (Lipinski definition) is 2. The lowest BCUT2D eigenvalue weighted by molar-refractivity contribution is -0.134. The lowest BCUT2D eigenvalue weighted by Crippen LogP contribution is -2.48. The molecule has 0 aromatic heterocycles. The highest BCUT2D eigenvalue weighted by Crippen LogP contribution is 2.26. The second-order valence-corrected chi connectivity index (χ2v) is 5.50. The molecule has 1 unspecified atom stereocenters. The molecule has 19 heavy (non-hydrogen) atoms. The Morgan fingerprint density at radius 3 is 2.74 bits per heavy atom. The van der Waals surface area contributed by atoms with Gasteiger partial charge < -0.3 is 15.4 Å².